The highest BCUT2D eigenvalue weighted by Crippen LogP contribution is 2.37. The third-order valence-corrected chi connectivity index (χ3v) is 5.13. The van der Waals surface area contributed by atoms with Gasteiger partial charge in [0.25, 0.3) is 0 Å². The Morgan fingerprint density at radius 1 is 1.45 bits per heavy atom. The Morgan fingerprint density at radius 2 is 2.30 bits per heavy atom. The Bertz CT molecular complexity index is 575. The summed E-state index contributed by atoms with van der Waals surface area (Å²) in [5, 5.41) is 3.23. The number of nitrogens with one attached hydrogen (secondary N) is 1. The van der Waals surface area contributed by atoms with Crippen molar-refractivity contribution in [3.8, 4) is 0 Å². The van der Waals surface area contributed by atoms with Crippen molar-refractivity contribution in [2.45, 2.75) is 44.6 Å². The summed E-state index contributed by atoms with van der Waals surface area (Å²) in [6, 6.07) is 9.01. The van der Waals surface area contributed by atoms with E-state index in [2.05, 4.69) is 40.1 Å². The first kappa shape index (κ1) is 13.7. The molecule has 1 atom stereocenters. The number of hydrogen-bond acceptors (Lipinski definition) is 4. The lowest BCUT2D eigenvalue weighted by molar-refractivity contribution is 0.419. The molecule has 106 valence electrons. The second-order valence-corrected chi connectivity index (χ2v) is 6.55. The van der Waals surface area contributed by atoms with Gasteiger partial charge in [0, 0.05) is 17.5 Å². The van der Waals surface area contributed by atoms with Crippen molar-refractivity contribution >= 4 is 11.3 Å². The van der Waals surface area contributed by atoms with E-state index < -0.39 is 0 Å². The SMILES string of the molecule is Cc1csc(CC(NN)c2cccc(C3CCC3)c2)n1. The van der Waals surface area contributed by atoms with Gasteiger partial charge >= 0.3 is 0 Å². The average Bonchev–Trinajstić information content (AvgIpc) is 2.80. The molecule has 4 heteroatoms. The van der Waals surface area contributed by atoms with Crippen molar-refractivity contribution in [2.75, 3.05) is 0 Å². The number of benzene rings is 1. The van der Waals surface area contributed by atoms with Gasteiger partial charge in [-0.3, -0.25) is 11.3 Å². The van der Waals surface area contributed by atoms with Gasteiger partial charge in [0.2, 0.25) is 0 Å². The van der Waals surface area contributed by atoms with Gasteiger partial charge in [-0.25, -0.2) is 4.98 Å². The summed E-state index contributed by atoms with van der Waals surface area (Å²) >= 11 is 1.71. The van der Waals surface area contributed by atoms with E-state index in [0.29, 0.717) is 0 Å². The number of nitrogens with zero attached hydrogens (tertiary/aromatic N) is 1. The maximum absolute atomic E-state index is 5.76. The summed E-state index contributed by atoms with van der Waals surface area (Å²) in [4.78, 5) is 4.53. The zero-order chi connectivity index (χ0) is 13.9. The molecule has 20 heavy (non-hydrogen) atoms. The molecule has 0 spiro atoms. The molecular formula is C16H21N3S. The minimum atomic E-state index is 0.139. The van der Waals surface area contributed by atoms with Gasteiger partial charge < -0.3 is 0 Å². The minimum absolute atomic E-state index is 0.139. The number of hydrogen-bond donors (Lipinski definition) is 2. The Balaban J connectivity index is 1.77. The zero-order valence-corrected chi connectivity index (χ0v) is 12.6. The Hall–Kier alpha value is -1.23. The van der Waals surface area contributed by atoms with Gasteiger partial charge in [-0.05, 0) is 36.8 Å². The predicted octanol–water partition coefficient (Wildman–Crippen LogP) is 3.47. The highest BCUT2D eigenvalue weighted by atomic mass is 32.1. The molecule has 0 saturated heterocycles. The number of thiazole rings is 1. The maximum Gasteiger partial charge on any atom is 0.0947 e. The number of aromatic nitrogens is 1. The standard InChI is InChI=1S/C16H21N3S/c1-11-10-20-16(18-11)9-15(19-17)14-7-3-6-13(8-14)12-4-2-5-12/h3,6-8,10,12,15,19H,2,4-5,9,17H2,1H3. The van der Waals surface area contributed by atoms with Crippen LogP contribution >= 0.6 is 11.3 Å². The van der Waals surface area contributed by atoms with Crippen LogP contribution in [0.25, 0.3) is 0 Å². The fourth-order valence-corrected chi connectivity index (χ4v) is 3.53. The van der Waals surface area contributed by atoms with Gasteiger partial charge in [-0.15, -0.1) is 11.3 Å². The van der Waals surface area contributed by atoms with Gasteiger partial charge in [-0.2, -0.15) is 0 Å². The van der Waals surface area contributed by atoms with Crippen LogP contribution in [0.15, 0.2) is 29.6 Å². The van der Waals surface area contributed by atoms with Crippen molar-refractivity contribution in [3.63, 3.8) is 0 Å². The Kier molecular flexibility index (Phi) is 4.15. The summed E-state index contributed by atoms with van der Waals surface area (Å²) in [6.45, 7) is 2.03. The summed E-state index contributed by atoms with van der Waals surface area (Å²) in [7, 11) is 0. The third kappa shape index (κ3) is 2.92. The fraction of sp³-hybridized carbons (Fsp3) is 0.438. The van der Waals surface area contributed by atoms with Crippen LogP contribution in [0.1, 0.15) is 53.1 Å². The molecule has 1 aromatic carbocycles. The first-order chi connectivity index (χ1) is 9.76. The molecule has 1 aromatic heterocycles. The molecule has 3 rings (SSSR count). The second kappa shape index (κ2) is 6.04. The van der Waals surface area contributed by atoms with E-state index in [9.17, 15) is 0 Å². The van der Waals surface area contributed by atoms with Crippen LogP contribution in [0.2, 0.25) is 0 Å². The number of aryl methyl sites for hydroxylation is 1. The van der Waals surface area contributed by atoms with Gasteiger partial charge in [0.1, 0.15) is 0 Å². The van der Waals surface area contributed by atoms with E-state index in [0.717, 1.165) is 23.0 Å². The normalized spacial score (nSPS) is 16.9. The van der Waals surface area contributed by atoms with Crippen LogP contribution in [0.5, 0.6) is 0 Å². The third-order valence-electron chi connectivity index (χ3n) is 4.14. The largest absolute Gasteiger partial charge is 0.271 e. The minimum Gasteiger partial charge on any atom is -0.271 e. The van der Waals surface area contributed by atoms with Crippen LogP contribution in [0, 0.1) is 6.92 Å². The van der Waals surface area contributed by atoms with Crippen LogP contribution < -0.4 is 11.3 Å². The number of nitrogens with two attached hydrogens (primary N) is 1. The highest BCUT2D eigenvalue weighted by Gasteiger charge is 2.21. The molecule has 1 heterocycles. The average molecular weight is 287 g/mol. The molecule has 0 radical (unpaired) electrons. The van der Waals surface area contributed by atoms with E-state index in [1.807, 2.05) is 6.92 Å². The van der Waals surface area contributed by atoms with Crippen molar-refractivity contribution < 1.29 is 0 Å². The van der Waals surface area contributed by atoms with E-state index in [1.54, 1.807) is 11.3 Å². The van der Waals surface area contributed by atoms with Gasteiger partial charge in [-0.1, -0.05) is 30.7 Å². The van der Waals surface area contributed by atoms with Crippen molar-refractivity contribution in [1.29, 1.82) is 0 Å². The first-order valence-electron chi connectivity index (χ1n) is 7.23. The van der Waals surface area contributed by atoms with Crippen LogP contribution in [0.3, 0.4) is 0 Å². The van der Waals surface area contributed by atoms with E-state index in [4.69, 9.17) is 5.84 Å². The Labute approximate surface area is 124 Å². The monoisotopic (exact) mass is 287 g/mol. The van der Waals surface area contributed by atoms with E-state index in [-0.39, 0.29) is 6.04 Å². The quantitative estimate of drug-likeness (QED) is 0.654. The van der Waals surface area contributed by atoms with Crippen LogP contribution in [-0.2, 0) is 6.42 Å². The van der Waals surface area contributed by atoms with E-state index >= 15 is 0 Å². The van der Waals surface area contributed by atoms with E-state index in [1.165, 1.54) is 30.4 Å². The molecule has 0 amide bonds. The molecule has 1 saturated carbocycles. The molecule has 0 aliphatic heterocycles. The lowest BCUT2D eigenvalue weighted by Crippen LogP contribution is -2.29. The molecule has 3 nitrogen and oxygen atoms in total. The summed E-state index contributed by atoms with van der Waals surface area (Å²) in [6.07, 6.45) is 4.88. The lowest BCUT2D eigenvalue weighted by Gasteiger charge is -2.27. The summed E-state index contributed by atoms with van der Waals surface area (Å²) in [5.41, 5.74) is 6.76. The van der Waals surface area contributed by atoms with Crippen molar-refractivity contribution in [2.24, 2.45) is 5.84 Å². The Morgan fingerprint density at radius 3 is 2.90 bits per heavy atom. The maximum atomic E-state index is 5.76. The van der Waals surface area contributed by atoms with Crippen LogP contribution in [0.4, 0.5) is 0 Å². The molecule has 1 aliphatic carbocycles. The van der Waals surface area contributed by atoms with Crippen molar-refractivity contribution in [1.82, 2.24) is 10.4 Å². The second-order valence-electron chi connectivity index (χ2n) is 5.60. The zero-order valence-electron chi connectivity index (χ0n) is 11.8. The van der Waals surface area contributed by atoms with Crippen molar-refractivity contribution in [3.05, 3.63) is 51.5 Å². The number of rotatable bonds is 5. The topological polar surface area (TPSA) is 50.9 Å². The molecular weight excluding hydrogens is 266 g/mol. The fourth-order valence-electron chi connectivity index (χ4n) is 2.72. The first-order valence-corrected chi connectivity index (χ1v) is 8.11. The molecule has 2 aromatic rings. The number of hydrazine groups is 1. The van der Waals surface area contributed by atoms with Gasteiger partial charge in [0.05, 0.1) is 11.0 Å². The summed E-state index contributed by atoms with van der Waals surface area (Å²) < 4.78 is 0. The van der Waals surface area contributed by atoms with Crippen LogP contribution in [-0.4, -0.2) is 4.98 Å². The smallest absolute Gasteiger partial charge is 0.0947 e. The molecule has 1 aliphatic rings. The summed E-state index contributed by atoms with van der Waals surface area (Å²) in [5.74, 6) is 6.52. The molecule has 3 N–H and O–H groups in total. The molecule has 0 bridgehead atoms. The molecule has 1 unspecified atom stereocenters. The lowest BCUT2D eigenvalue weighted by atomic mass is 9.79. The van der Waals surface area contributed by atoms with Gasteiger partial charge in [0.15, 0.2) is 0 Å². The highest BCUT2D eigenvalue weighted by molar-refractivity contribution is 7.09. The molecule has 1 fully saturated rings. The predicted molar refractivity (Wildman–Crippen MR) is 83.7 cm³/mol.